The molecule has 224 valence electrons. The minimum atomic E-state index is 0.773. The second-order valence-electron chi connectivity index (χ2n) is 12.1. The van der Waals surface area contributed by atoms with Gasteiger partial charge in [-0.2, -0.15) is 0 Å². The molecule has 0 aromatic heterocycles. The van der Waals surface area contributed by atoms with Crippen molar-refractivity contribution in [1.29, 1.82) is 0 Å². The zero-order valence-electron chi connectivity index (χ0n) is 27.0. The zero-order chi connectivity index (χ0) is 28.6. The summed E-state index contributed by atoms with van der Waals surface area (Å²) in [6.07, 6.45) is 14.1. The van der Waals surface area contributed by atoms with Crippen LogP contribution >= 0.6 is 0 Å². The molecule has 0 aromatic carbocycles. The van der Waals surface area contributed by atoms with Gasteiger partial charge in [0, 0.05) is 0 Å². The molecule has 0 bridgehead atoms. The number of rotatable bonds is 19. The lowest BCUT2D eigenvalue weighted by molar-refractivity contribution is 0.378. The van der Waals surface area contributed by atoms with E-state index in [1.165, 1.54) is 77.3 Å². The Hall–Kier alpha value is -0.200. The molecule has 0 spiro atoms. The van der Waals surface area contributed by atoms with E-state index in [-0.39, 0.29) is 0 Å². The Bertz CT molecular complexity index is 336. The van der Waals surface area contributed by atoms with Gasteiger partial charge in [-0.1, -0.05) is 81.1 Å². The molecule has 5 nitrogen and oxygen atoms in total. The summed E-state index contributed by atoms with van der Waals surface area (Å²) >= 11 is 0. The van der Waals surface area contributed by atoms with Crippen LogP contribution in [0.3, 0.4) is 0 Å². The molecule has 0 aliphatic rings. The molecule has 0 rings (SSSR count). The van der Waals surface area contributed by atoms with Crippen molar-refractivity contribution in [1.82, 2.24) is 10.2 Å². The average Bonchev–Trinajstić information content (AvgIpc) is 2.76. The summed E-state index contributed by atoms with van der Waals surface area (Å²) < 4.78 is 0. The van der Waals surface area contributed by atoms with E-state index < -0.39 is 0 Å². The molecule has 0 saturated carbocycles. The number of nitrogens with one attached hydrogen (secondary N) is 1. The first-order chi connectivity index (χ1) is 16.9. The summed E-state index contributed by atoms with van der Waals surface area (Å²) in [5.41, 5.74) is 16.0. The number of hydrogen-bond donors (Lipinski definition) is 4. The topological polar surface area (TPSA) is 93.3 Å². The van der Waals surface area contributed by atoms with E-state index in [1.807, 2.05) is 0 Å². The lowest BCUT2D eigenvalue weighted by Gasteiger charge is -2.09. The highest BCUT2D eigenvalue weighted by atomic mass is 15.0. The van der Waals surface area contributed by atoms with Gasteiger partial charge < -0.3 is 27.4 Å². The molecule has 0 saturated heterocycles. The predicted octanol–water partition coefficient (Wildman–Crippen LogP) is 6.89. The minimum absolute atomic E-state index is 0.773. The molecule has 36 heavy (non-hydrogen) atoms. The van der Waals surface area contributed by atoms with Gasteiger partial charge >= 0.3 is 0 Å². The van der Waals surface area contributed by atoms with E-state index in [9.17, 15) is 0 Å². The molecule has 0 radical (unpaired) electrons. The smallest absolute Gasteiger partial charge is 0.00247 e. The average molecular weight is 518 g/mol. The van der Waals surface area contributed by atoms with Crippen LogP contribution < -0.4 is 22.5 Å². The Kier molecular flexibility index (Phi) is 44.0. The van der Waals surface area contributed by atoms with E-state index in [4.69, 9.17) is 17.2 Å². The van der Waals surface area contributed by atoms with Crippen LogP contribution in [0, 0.1) is 23.7 Å². The van der Waals surface area contributed by atoms with Crippen LogP contribution in [0.15, 0.2) is 0 Å². The summed E-state index contributed by atoms with van der Waals surface area (Å²) in [4.78, 5) is 2.24. The summed E-state index contributed by atoms with van der Waals surface area (Å²) in [5.74, 6) is 3.32. The van der Waals surface area contributed by atoms with Crippen LogP contribution in [0.25, 0.3) is 0 Å². The van der Waals surface area contributed by atoms with Crippen LogP contribution in [0.1, 0.15) is 126 Å². The molecule has 0 amide bonds. The first-order valence-corrected chi connectivity index (χ1v) is 15.4. The highest BCUT2D eigenvalue weighted by molar-refractivity contribution is 4.52. The van der Waals surface area contributed by atoms with Crippen molar-refractivity contribution in [3.8, 4) is 0 Å². The third-order valence-corrected chi connectivity index (χ3v) is 5.57. The fraction of sp³-hybridized carbons (Fsp3) is 1.00. The summed E-state index contributed by atoms with van der Waals surface area (Å²) in [5, 5.41) is 3.43. The molecule has 0 aliphatic heterocycles. The molecule has 7 N–H and O–H groups in total. The Morgan fingerprint density at radius 3 is 1.28 bits per heavy atom. The van der Waals surface area contributed by atoms with Crippen LogP contribution in [-0.4, -0.2) is 58.3 Å². The standard InChI is InChI=1S/C10H24N2.2C8H19N.C5H13N/c1-10(2)6-9-12-8-5-3-4-7-11;1-8(2)6-5-7-9(3)4;1-8(2)6-4-3-5-7-9;1-5(2)3-4-6/h10,12H,3-9,11H2,1-2H3;8H,5-7H2,1-4H3;8H,3-7,9H2,1-2H3;5H,3-4,6H2,1-2H3. The first kappa shape index (κ1) is 42.9. The van der Waals surface area contributed by atoms with Crippen molar-refractivity contribution >= 4 is 0 Å². The van der Waals surface area contributed by atoms with E-state index in [2.05, 4.69) is 79.7 Å². The quantitative estimate of drug-likeness (QED) is 0.140. The third-order valence-electron chi connectivity index (χ3n) is 5.57. The summed E-state index contributed by atoms with van der Waals surface area (Å²) in [6.45, 7) is 24.0. The largest absolute Gasteiger partial charge is 0.330 e. The molecule has 5 heteroatoms. The van der Waals surface area contributed by atoms with Crippen molar-refractivity contribution in [2.45, 2.75) is 126 Å². The van der Waals surface area contributed by atoms with Gasteiger partial charge in [0.2, 0.25) is 0 Å². The highest BCUT2D eigenvalue weighted by Crippen LogP contribution is 2.07. The van der Waals surface area contributed by atoms with Crippen molar-refractivity contribution < 1.29 is 0 Å². The molecular formula is C31H75N5. The maximum absolute atomic E-state index is 5.39. The number of nitrogens with zero attached hydrogens (tertiary/aromatic N) is 1. The fourth-order valence-electron chi connectivity index (χ4n) is 3.11. The number of hydrogen-bond acceptors (Lipinski definition) is 5. The maximum atomic E-state index is 5.39. The normalized spacial score (nSPS) is 10.8. The fourth-order valence-corrected chi connectivity index (χ4v) is 3.11. The molecule has 0 fully saturated rings. The van der Waals surface area contributed by atoms with Crippen LogP contribution in [0.5, 0.6) is 0 Å². The Balaban J connectivity index is -0.000000195. The third kappa shape index (κ3) is 64.2. The lowest BCUT2D eigenvalue weighted by Crippen LogP contribution is -2.18. The van der Waals surface area contributed by atoms with Crippen molar-refractivity contribution in [3.63, 3.8) is 0 Å². The molecule has 0 unspecified atom stereocenters. The van der Waals surface area contributed by atoms with Crippen LogP contribution in [0.2, 0.25) is 0 Å². The van der Waals surface area contributed by atoms with E-state index in [0.29, 0.717) is 0 Å². The first-order valence-electron chi connectivity index (χ1n) is 15.4. The van der Waals surface area contributed by atoms with Gasteiger partial charge in [0.1, 0.15) is 0 Å². The second-order valence-corrected chi connectivity index (χ2v) is 12.1. The predicted molar refractivity (Wildman–Crippen MR) is 169 cm³/mol. The molecule has 0 aromatic rings. The molecular weight excluding hydrogens is 442 g/mol. The van der Waals surface area contributed by atoms with Gasteiger partial charge in [-0.25, -0.2) is 0 Å². The summed E-state index contributed by atoms with van der Waals surface area (Å²) in [7, 11) is 4.25. The van der Waals surface area contributed by atoms with E-state index >= 15 is 0 Å². The van der Waals surface area contributed by atoms with Crippen molar-refractivity contribution in [3.05, 3.63) is 0 Å². The van der Waals surface area contributed by atoms with Gasteiger partial charge in [-0.15, -0.1) is 0 Å². The highest BCUT2D eigenvalue weighted by Gasteiger charge is 1.94. The SMILES string of the molecule is CC(C)CCCCCN.CC(C)CCCN(C)C.CC(C)CCN.CC(C)CCNCCCCCN. The van der Waals surface area contributed by atoms with Gasteiger partial charge in [0.25, 0.3) is 0 Å². The summed E-state index contributed by atoms with van der Waals surface area (Å²) in [6, 6.07) is 0. The second kappa shape index (κ2) is 37.0. The lowest BCUT2D eigenvalue weighted by atomic mass is 10.1. The number of nitrogens with two attached hydrogens (primary N) is 3. The Morgan fingerprint density at radius 2 is 0.917 bits per heavy atom. The molecule has 0 atom stereocenters. The molecule has 0 aliphatic carbocycles. The Morgan fingerprint density at radius 1 is 0.472 bits per heavy atom. The van der Waals surface area contributed by atoms with Gasteiger partial charge in [0.05, 0.1) is 0 Å². The maximum Gasteiger partial charge on any atom is -0.00247 e. The van der Waals surface area contributed by atoms with Gasteiger partial charge in [0.15, 0.2) is 0 Å². The van der Waals surface area contributed by atoms with Gasteiger partial charge in [-0.05, 0) is 122 Å². The number of unbranched alkanes of at least 4 members (excludes halogenated alkanes) is 4. The Labute approximate surface area is 230 Å². The van der Waals surface area contributed by atoms with Crippen molar-refractivity contribution in [2.24, 2.45) is 40.9 Å². The zero-order valence-corrected chi connectivity index (χ0v) is 27.0. The van der Waals surface area contributed by atoms with E-state index in [1.54, 1.807) is 0 Å². The van der Waals surface area contributed by atoms with E-state index in [0.717, 1.165) is 56.3 Å². The van der Waals surface area contributed by atoms with Crippen molar-refractivity contribution in [2.75, 3.05) is 53.4 Å². The molecule has 0 heterocycles. The van der Waals surface area contributed by atoms with Crippen LogP contribution in [0.4, 0.5) is 0 Å². The van der Waals surface area contributed by atoms with Gasteiger partial charge in [-0.3, -0.25) is 0 Å². The monoisotopic (exact) mass is 518 g/mol. The minimum Gasteiger partial charge on any atom is -0.330 e. The van der Waals surface area contributed by atoms with Crippen LogP contribution in [-0.2, 0) is 0 Å².